The molecule has 0 bridgehead atoms. The molecule has 2 atom stereocenters. The topological polar surface area (TPSA) is 37.8 Å². The molecular weight excluding hydrogens is 302 g/mol. The largest absolute Gasteiger partial charge is 0.367 e. The summed E-state index contributed by atoms with van der Waals surface area (Å²) in [6, 6.07) is 2.72. The minimum absolute atomic E-state index is 0.345. The molecule has 0 aromatic carbocycles. The predicted octanol–water partition coefficient (Wildman–Crippen LogP) is 5.29. The van der Waals surface area contributed by atoms with Crippen LogP contribution >= 0.6 is 22.9 Å². The molecule has 0 spiro atoms. The van der Waals surface area contributed by atoms with E-state index >= 15 is 0 Å². The second-order valence-corrected chi connectivity index (χ2v) is 7.36. The van der Waals surface area contributed by atoms with Gasteiger partial charge in [0, 0.05) is 10.9 Å². The van der Waals surface area contributed by atoms with E-state index in [1.807, 2.05) is 0 Å². The number of hydrogen-bond acceptors (Lipinski definition) is 4. The van der Waals surface area contributed by atoms with E-state index in [1.165, 1.54) is 37.0 Å². The Morgan fingerprint density at radius 3 is 2.95 bits per heavy atom. The molecule has 1 aliphatic carbocycles. The lowest BCUT2D eigenvalue weighted by Crippen LogP contribution is -2.27. The van der Waals surface area contributed by atoms with Crippen molar-refractivity contribution in [2.45, 2.75) is 58.4 Å². The van der Waals surface area contributed by atoms with Gasteiger partial charge < -0.3 is 5.32 Å². The number of nitrogens with one attached hydrogen (secondary N) is 1. The van der Waals surface area contributed by atoms with E-state index in [0.717, 1.165) is 28.4 Å². The molecule has 0 radical (unpaired) electrons. The van der Waals surface area contributed by atoms with Gasteiger partial charge in [-0.3, -0.25) is 0 Å². The van der Waals surface area contributed by atoms with Crippen LogP contribution in [0.15, 0.2) is 6.07 Å². The van der Waals surface area contributed by atoms with Gasteiger partial charge in [-0.25, -0.2) is 9.97 Å². The molecule has 1 aliphatic rings. The zero-order chi connectivity index (χ0) is 14.8. The lowest BCUT2D eigenvalue weighted by molar-refractivity contribution is 0.327. The summed E-state index contributed by atoms with van der Waals surface area (Å²) < 4.78 is 0. The number of thiophene rings is 1. The Bertz CT molecular complexity index is 625. The van der Waals surface area contributed by atoms with Crippen LogP contribution in [0.3, 0.4) is 0 Å². The van der Waals surface area contributed by atoms with Gasteiger partial charge in [-0.2, -0.15) is 0 Å². The maximum atomic E-state index is 6.09. The first-order chi connectivity index (χ1) is 10.2. The molecule has 1 saturated carbocycles. The van der Waals surface area contributed by atoms with Crippen molar-refractivity contribution in [2.24, 2.45) is 5.92 Å². The molecule has 0 saturated heterocycles. The van der Waals surface area contributed by atoms with Crippen LogP contribution in [0.2, 0.25) is 5.28 Å². The third-order valence-electron chi connectivity index (χ3n) is 4.47. The summed E-state index contributed by atoms with van der Waals surface area (Å²) in [5.41, 5.74) is 0. The summed E-state index contributed by atoms with van der Waals surface area (Å²) in [5, 5.41) is 5.11. The highest BCUT2D eigenvalue weighted by Gasteiger charge is 2.22. The minimum atomic E-state index is 0.345. The monoisotopic (exact) mass is 323 g/mol. The van der Waals surface area contributed by atoms with Gasteiger partial charge in [0.2, 0.25) is 5.28 Å². The predicted molar refractivity (Wildman–Crippen MR) is 91.5 cm³/mol. The van der Waals surface area contributed by atoms with Gasteiger partial charge in [-0.05, 0) is 42.8 Å². The number of anilines is 1. The molecule has 2 unspecified atom stereocenters. The first-order valence-corrected chi connectivity index (χ1v) is 9.11. The number of fused-ring (bicyclic) bond motifs is 1. The van der Waals surface area contributed by atoms with Gasteiger partial charge in [0.25, 0.3) is 0 Å². The fraction of sp³-hybridized carbons (Fsp3) is 0.625. The molecule has 114 valence electrons. The van der Waals surface area contributed by atoms with Gasteiger partial charge >= 0.3 is 0 Å². The summed E-state index contributed by atoms with van der Waals surface area (Å²) in [6.45, 7) is 4.46. The van der Waals surface area contributed by atoms with Crippen molar-refractivity contribution in [3.63, 3.8) is 0 Å². The number of nitrogens with zero attached hydrogens (tertiary/aromatic N) is 2. The van der Waals surface area contributed by atoms with Crippen LogP contribution in [0.4, 0.5) is 5.82 Å². The third-order valence-corrected chi connectivity index (χ3v) is 5.81. The summed E-state index contributed by atoms with van der Waals surface area (Å²) in [7, 11) is 0. The van der Waals surface area contributed by atoms with E-state index in [4.69, 9.17) is 11.6 Å². The Labute approximate surface area is 135 Å². The van der Waals surface area contributed by atoms with Crippen molar-refractivity contribution in [3.8, 4) is 0 Å². The lowest BCUT2D eigenvalue weighted by Gasteiger charge is -2.29. The van der Waals surface area contributed by atoms with Gasteiger partial charge in [-0.1, -0.05) is 33.1 Å². The Kier molecular flexibility index (Phi) is 4.65. The molecule has 0 amide bonds. The average molecular weight is 324 g/mol. The second-order valence-electron chi connectivity index (χ2n) is 5.91. The first kappa shape index (κ1) is 15.0. The quantitative estimate of drug-likeness (QED) is 0.777. The third kappa shape index (κ3) is 3.32. The van der Waals surface area contributed by atoms with Gasteiger partial charge in [0.1, 0.15) is 10.6 Å². The molecule has 3 nitrogen and oxygen atoms in total. The fourth-order valence-electron chi connectivity index (χ4n) is 3.22. The number of aryl methyl sites for hydroxylation is 1. The number of aromatic nitrogens is 2. The number of halogens is 1. The van der Waals surface area contributed by atoms with Crippen LogP contribution in [0, 0.1) is 5.92 Å². The standard InChI is InChI=1S/C16H22ClN3S/c1-3-10-6-5-7-11(8-10)18-14-13-9-12(4-2)21-15(13)20-16(17)19-14/h9-11H,3-8H2,1-2H3,(H,18,19,20). The highest BCUT2D eigenvalue weighted by atomic mass is 35.5. The zero-order valence-corrected chi connectivity index (χ0v) is 14.2. The van der Waals surface area contributed by atoms with Crippen LogP contribution in [-0.2, 0) is 6.42 Å². The normalized spacial score (nSPS) is 22.6. The molecule has 2 aromatic heterocycles. The molecule has 1 N–H and O–H groups in total. The number of hydrogen-bond donors (Lipinski definition) is 1. The van der Waals surface area contributed by atoms with Crippen LogP contribution in [0.5, 0.6) is 0 Å². The van der Waals surface area contributed by atoms with E-state index in [0.29, 0.717) is 11.3 Å². The first-order valence-electron chi connectivity index (χ1n) is 7.92. The number of rotatable bonds is 4. The summed E-state index contributed by atoms with van der Waals surface area (Å²) >= 11 is 7.81. The van der Waals surface area contributed by atoms with Crippen molar-refractivity contribution in [2.75, 3.05) is 5.32 Å². The van der Waals surface area contributed by atoms with E-state index < -0.39 is 0 Å². The van der Waals surface area contributed by atoms with Crippen LogP contribution < -0.4 is 5.32 Å². The van der Waals surface area contributed by atoms with Crippen molar-refractivity contribution >= 4 is 39.0 Å². The van der Waals surface area contributed by atoms with E-state index in [2.05, 4.69) is 35.2 Å². The Morgan fingerprint density at radius 2 is 2.19 bits per heavy atom. The maximum Gasteiger partial charge on any atom is 0.225 e. The van der Waals surface area contributed by atoms with E-state index in [-0.39, 0.29) is 0 Å². The van der Waals surface area contributed by atoms with Crippen molar-refractivity contribution < 1.29 is 0 Å². The Balaban J connectivity index is 1.87. The summed E-state index contributed by atoms with van der Waals surface area (Å²) in [6.07, 6.45) is 7.44. The highest BCUT2D eigenvalue weighted by molar-refractivity contribution is 7.18. The second kappa shape index (κ2) is 6.49. The molecule has 0 aliphatic heterocycles. The fourth-order valence-corrected chi connectivity index (χ4v) is 4.40. The van der Waals surface area contributed by atoms with Gasteiger partial charge in [0.05, 0.1) is 5.39 Å². The molecule has 3 rings (SSSR count). The molecule has 2 aromatic rings. The maximum absolute atomic E-state index is 6.09. The zero-order valence-electron chi connectivity index (χ0n) is 12.7. The summed E-state index contributed by atoms with van der Waals surface area (Å²) in [4.78, 5) is 11.1. The lowest BCUT2D eigenvalue weighted by atomic mass is 9.84. The van der Waals surface area contributed by atoms with E-state index in [1.54, 1.807) is 11.3 Å². The van der Waals surface area contributed by atoms with Crippen LogP contribution in [0.1, 0.15) is 50.8 Å². The smallest absolute Gasteiger partial charge is 0.225 e. The van der Waals surface area contributed by atoms with Crippen molar-refractivity contribution in [1.82, 2.24) is 9.97 Å². The minimum Gasteiger partial charge on any atom is -0.367 e. The molecular formula is C16H22ClN3S. The van der Waals surface area contributed by atoms with Gasteiger partial charge in [0.15, 0.2) is 0 Å². The van der Waals surface area contributed by atoms with Crippen molar-refractivity contribution in [1.29, 1.82) is 0 Å². The Hall–Kier alpha value is -0.870. The summed E-state index contributed by atoms with van der Waals surface area (Å²) in [5.74, 6) is 1.76. The Morgan fingerprint density at radius 1 is 1.33 bits per heavy atom. The highest BCUT2D eigenvalue weighted by Crippen LogP contribution is 2.33. The molecule has 1 fully saturated rings. The van der Waals surface area contributed by atoms with Crippen LogP contribution in [0.25, 0.3) is 10.2 Å². The van der Waals surface area contributed by atoms with Crippen LogP contribution in [-0.4, -0.2) is 16.0 Å². The molecule has 2 heterocycles. The average Bonchev–Trinajstić information content (AvgIpc) is 2.90. The molecule has 5 heteroatoms. The van der Waals surface area contributed by atoms with E-state index in [9.17, 15) is 0 Å². The SMILES string of the molecule is CCc1cc2c(NC3CCCC(CC)C3)nc(Cl)nc2s1. The van der Waals surface area contributed by atoms with Gasteiger partial charge in [-0.15, -0.1) is 11.3 Å². The van der Waals surface area contributed by atoms with Crippen molar-refractivity contribution in [3.05, 3.63) is 16.2 Å². The molecule has 21 heavy (non-hydrogen) atoms.